The molecule has 7 heteroatoms. The Bertz CT molecular complexity index is 658. The third-order valence-electron chi connectivity index (χ3n) is 2.39. The van der Waals surface area contributed by atoms with Crippen molar-refractivity contribution < 1.29 is 13.5 Å². The summed E-state index contributed by atoms with van der Waals surface area (Å²) in [6, 6.07) is 6.14. The molecule has 4 nitrogen and oxygen atoms in total. The van der Waals surface area contributed by atoms with Gasteiger partial charge >= 0.3 is 6.61 Å². The van der Waals surface area contributed by atoms with Gasteiger partial charge in [-0.1, -0.05) is 12.1 Å². The number of aromatic amines is 1. The number of benzene rings is 1. The van der Waals surface area contributed by atoms with Crippen LogP contribution in [0.5, 0.6) is 5.75 Å². The lowest BCUT2D eigenvalue weighted by atomic mass is 10.2. The van der Waals surface area contributed by atoms with Gasteiger partial charge in [-0.3, -0.25) is 4.79 Å². The maximum Gasteiger partial charge on any atom is 0.387 e. The van der Waals surface area contributed by atoms with Crippen LogP contribution in [0.25, 0.3) is 11.4 Å². The molecular weight excluding hydrogens is 322 g/mol. The van der Waals surface area contributed by atoms with Gasteiger partial charge in [-0.05, 0) is 35.0 Å². The van der Waals surface area contributed by atoms with Crippen LogP contribution >= 0.6 is 15.9 Å². The van der Waals surface area contributed by atoms with Crippen molar-refractivity contribution >= 4 is 15.9 Å². The minimum atomic E-state index is -2.94. The number of nitrogens with one attached hydrogen (secondary N) is 1. The molecule has 19 heavy (non-hydrogen) atoms. The monoisotopic (exact) mass is 330 g/mol. The molecule has 1 N–H and O–H groups in total. The molecule has 0 aliphatic carbocycles. The van der Waals surface area contributed by atoms with Crippen molar-refractivity contribution in [2.75, 3.05) is 0 Å². The summed E-state index contributed by atoms with van der Waals surface area (Å²) in [7, 11) is 0. The van der Waals surface area contributed by atoms with Crippen molar-refractivity contribution in [1.29, 1.82) is 0 Å². The Morgan fingerprint density at radius 3 is 2.68 bits per heavy atom. The van der Waals surface area contributed by atoms with Gasteiger partial charge < -0.3 is 9.72 Å². The Morgan fingerprint density at radius 2 is 2.05 bits per heavy atom. The third kappa shape index (κ3) is 2.98. The number of H-pyrrole nitrogens is 1. The zero-order valence-corrected chi connectivity index (χ0v) is 11.4. The highest BCUT2D eigenvalue weighted by molar-refractivity contribution is 9.10. The number of hydrogen-bond acceptors (Lipinski definition) is 3. The number of aromatic nitrogens is 2. The number of aryl methyl sites for hydroxylation is 1. The molecule has 0 aliphatic rings. The van der Waals surface area contributed by atoms with E-state index in [1.54, 1.807) is 25.1 Å². The largest absolute Gasteiger partial charge is 0.434 e. The second-order valence-corrected chi connectivity index (χ2v) is 4.48. The number of rotatable bonds is 3. The van der Waals surface area contributed by atoms with Crippen LogP contribution in [-0.2, 0) is 0 Å². The summed E-state index contributed by atoms with van der Waals surface area (Å²) in [5, 5.41) is 0. The average molecular weight is 331 g/mol. The molecule has 1 aromatic carbocycles. The minimum absolute atomic E-state index is 0.0395. The van der Waals surface area contributed by atoms with Crippen molar-refractivity contribution in [3.05, 3.63) is 44.8 Å². The Morgan fingerprint density at radius 1 is 1.37 bits per heavy atom. The SMILES string of the molecule is Cc1nc(-c2ccccc2OC(F)F)[nH]c(=O)c1Br. The summed E-state index contributed by atoms with van der Waals surface area (Å²) in [6.07, 6.45) is 0. The summed E-state index contributed by atoms with van der Waals surface area (Å²) in [5.41, 5.74) is 0.385. The summed E-state index contributed by atoms with van der Waals surface area (Å²) < 4.78 is 29.3. The first kappa shape index (κ1) is 13.7. The average Bonchev–Trinajstić information content (AvgIpc) is 2.35. The number of alkyl halides is 2. The van der Waals surface area contributed by atoms with E-state index in [0.717, 1.165) is 0 Å². The number of ether oxygens (including phenoxy) is 1. The molecule has 0 amide bonds. The highest BCUT2D eigenvalue weighted by Gasteiger charge is 2.14. The highest BCUT2D eigenvalue weighted by Crippen LogP contribution is 2.28. The van der Waals surface area contributed by atoms with E-state index < -0.39 is 6.61 Å². The van der Waals surface area contributed by atoms with Crippen LogP contribution in [0.4, 0.5) is 8.78 Å². The molecule has 100 valence electrons. The molecule has 0 unspecified atom stereocenters. The maximum atomic E-state index is 12.3. The van der Waals surface area contributed by atoms with Crippen molar-refractivity contribution in [3.8, 4) is 17.1 Å². The molecule has 1 heterocycles. The van der Waals surface area contributed by atoms with Crippen molar-refractivity contribution in [2.24, 2.45) is 0 Å². The lowest BCUT2D eigenvalue weighted by Crippen LogP contribution is -2.12. The highest BCUT2D eigenvalue weighted by atomic mass is 79.9. The quantitative estimate of drug-likeness (QED) is 0.940. The van der Waals surface area contributed by atoms with Crippen molar-refractivity contribution in [2.45, 2.75) is 13.5 Å². The van der Waals surface area contributed by atoms with Crippen LogP contribution in [0.15, 0.2) is 33.5 Å². The Kier molecular flexibility index (Phi) is 3.94. The second-order valence-electron chi connectivity index (χ2n) is 3.69. The topological polar surface area (TPSA) is 55.0 Å². The van der Waals surface area contributed by atoms with Gasteiger partial charge in [0.1, 0.15) is 16.0 Å². The fraction of sp³-hybridized carbons (Fsp3) is 0.167. The summed E-state index contributed by atoms with van der Waals surface area (Å²) in [5.74, 6) is 0.143. The van der Waals surface area contributed by atoms with E-state index >= 15 is 0 Å². The molecule has 1 aromatic heterocycles. The van der Waals surface area contributed by atoms with E-state index in [1.807, 2.05) is 0 Å². The Labute approximate surface area is 115 Å². The first-order valence-electron chi connectivity index (χ1n) is 5.29. The molecule has 2 aromatic rings. The summed E-state index contributed by atoms with van der Waals surface area (Å²) in [6.45, 7) is -1.30. The molecule has 0 saturated carbocycles. The second kappa shape index (κ2) is 5.48. The number of para-hydroxylation sites is 1. The zero-order chi connectivity index (χ0) is 14.0. The third-order valence-corrected chi connectivity index (χ3v) is 3.32. The Balaban J connectivity index is 2.56. The number of halogens is 3. The predicted molar refractivity (Wildman–Crippen MR) is 69.4 cm³/mol. The van der Waals surface area contributed by atoms with Crippen LogP contribution in [0, 0.1) is 6.92 Å². The van der Waals surface area contributed by atoms with Crippen LogP contribution in [0.3, 0.4) is 0 Å². The van der Waals surface area contributed by atoms with Crippen LogP contribution in [0.1, 0.15) is 5.69 Å². The van der Waals surface area contributed by atoms with E-state index in [1.165, 1.54) is 6.07 Å². The fourth-order valence-electron chi connectivity index (χ4n) is 1.56. The van der Waals surface area contributed by atoms with E-state index in [4.69, 9.17) is 0 Å². The van der Waals surface area contributed by atoms with Gasteiger partial charge in [0, 0.05) is 0 Å². The van der Waals surface area contributed by atoms with Gasteiger partial charge in [0.2, 0.25) is 0 Å². The predicted octanol–water partition coefficient (Wildman–Crippen LogP) is 3.11. The van der Waals surface area contributed by atoms with Crippen LogP contribution in [-0.4, -0.2) is 16.6 Å². The fourth-order valence-corrected chi connectivity index (χ4v) is 1.75. The lowest BCUT2D eigenvalue weighted by Gasteiger charge is -2.10. The van der Waals surface area contributed by atoms with Crippen molar-refractivity contribution in [1.82, 2.24) is 9.97 Å². The zero-order valence-electron chi connectivity index (χ0n) is 9.78. The molecule has 0 saturated heterocycles. The first-order valence-corrected chi connectivity index (χ1v) is 6.09. The number of nitrogens with zero attached hydrogens (tertiary/aromatic N) is 1. The molecule has 0 radical (unpaired) electrons. The normalized spacial score (nSPS) is 10.8. The molecule has 0 aliphatic heterocycles. The van der Waals surface area contributed by atoms with Gasteiger partial charge in [-0.15, -0.1) is 0 Å². The first-order chi connectivity index (χ1) is 8.99. The van der Waals surface area contributed by atoms with Gasteiger partial charge in [0.15, 0.2) is 0 Å². The number of hydrogen-bond donors (Lipinski definition) is 1. The van der Waals surface area contributed by atoms with Gasteiger partial charge in [0.25, 0.3) is 5.56 Å². The standard InChI is InChI=1S/C12H9BrF2N2O2/c1-6-9(13)11(18)17-10(16-6)7-4-2-3-5-8(7)19-12(14)15/h2-5,12H,1H3,(H,16,17,18). The minimum Gasteiger partial charge on any atom is -0.434 e. The van der Waals surface area contributed by atoms with Gasteiger partial charge in [-0.25, -0.2) is 4.98 Å². The van der Waals surface area contributed by atoms with Crippen molar-refractivity contribution in [3.63, 3.8) is 0 Å². The summed E-state index contributed by atoms with van der Waals surface area (Å²) >= 11 is 3.09. The molecule has 0 spiro atoms. The van der Waals surface area contributed by atoms with E-state index in [9.17, 15) is 13.6 Å². The van der Waals surface area contributed by atoms with Gasteiger partial charge in [-0.2, -0.15) is 8.78 Å². The summed E-state index contributed by atoms with van der Waals surface area (Å²) in [4.78, 5) is 18.3. The maximum absolute atomic E-state index is 12.3. The van der Waals surface area contributed by atoms with Crippen LogP contribution < -0.4 is 10.3 Å². The van der Waals surface area contributed by atoms with E-state index in [2.05, 4.69) is 30.6 Å². The molecule has 0 bridgehead atoms. The molecule has 2 rings (SSSR count). The smallest absolute Gasteiger partial charge is 0.387 e. The molecule has 0 fully saturated rings. The molecular formula is C12H9BrF2N2O2. The van der Waals surface area contributed by atoms with Crippen LogP contribution in [0.2, 0.25) is 0 Å². The van der Waals surface area contributed by atoms with Gasteiger partial charge in [0.05, 0.1) is 11.3 Å². The lowest BCUT2D eigenvalue weighted by molar-refractivity contribution is -0.0494. The van der Waals surface area contributed by atoms with E-state index in [0.29, 0.717) is 15.7 Å². The molecule has 0 atom stereocenters. The Hall–Kier alpha value is -1.76. The van der Waals surface area contributed by atoms with E-state index in [-0.39, 0.29) is 17.1 Å².